The lowest BCUT2D eigenvalue weighted by Gasteiger charge is -2.16. The maximum absolute atomic E-state index is 13.6. The first kappa shape index (κ1) is 19.3. The molecule has 1 fully saturated rings. The van der Waals surface area contributed by atoms with Gasteiger partial charge < -0.3 is 4.74 Å². The highest BCUT2D eigenvalue weighted by Gasteiger charge is 2.24. The van der Waals surface area contributed by atoms with Gasteiger partial charge in [-0.25, -0.2) is 4.98 Å². The number of nitrogens with zero attached hydrogens (tertiary/aromatic N) is 2. The number of thioether (sulfide) groups is 1. The molecule has 4 nitrogen and oxygen atoms in total. The van der Waals surface area contributed by atoms with Crippen molar-refractivity contribution in [2.24, 2.45) is 0 Å². The molecule has 0 amide bonds. The average Bonchev–Trinajstić information content (AvgIpc) is 3.37. The number of hydrogen-bond donors (Lipinski definition) is 0. The molecular formula is C23H26N2O2S2. The molecule has 0 bridgehead atoms. The van der Waals surface area contributed by atoms with E-state index in [0.717, 1.165) is 53.4 Å². The van der Waals surface area contributed by atoms with Gasteiger partial charge in [0.15, 0.2) is 5.16 Å². The van der Waals surface area contributed by atoms with E-state index < -0.39 is 0 Å². The summed E-state index contributed by atoms with van der Waals surface area (Å²) in [7, 11) is 0. The van der Waals surface area contributed by atoms with E-state index in [0.29, 0.717) is 6.54 Å². The van der Waals surface area contributed by atoms with E-state index in [4.69, 9.17) is 9.72 Å². The fourth-order valence-electron chi connectivity index (χ4n) is 4.40. The van der Waals surface area contributed by atoms with E-state index in [9.17, 15) is 4.79 Å². The van der Waals surface area contributed by atoms with E-state index in [1.807, 2.05) is 4.57 Å². The van der Waals surface area contributed by atoms with Crippen LogP contribution in [0.3, 0.4) is 0 Å². The minimum atomic E-state index is 0.124. The summed E-state index contributed by atoms with van der Waals surface area (Å²) in [6.45, 7) is 3.55. The van der Waals surface area contributed by atoms with Crippen molar-refractivity contribution in [1.29, 1.82) is 0 Å². The minimum absolute atomic E-state index is 0.124. The molecule has 1 aliphatic carbocycles. The SMILES string of the molecule is Cc1ccccc1CSc1nc2sc3c(c2c(=O)n1CC1CCCO1)CCCC3. The lowest BCUT2D eigenvalue weighted by atomic mass is 9.97. The van der Waals surface area contributed by atoms with Crippen LogP contribution < -0.4 is 5.56 Å². The predicted molar refractivity (Wildman–Crippen MR) is 120 cm³/mol. The molecule has 0 spiro atoms. The summed E-state index contributed by atoms with van der Waals surface area (Å²) < 4.78 is 7.77. The first-order chi connectivity index (χ1) is 14.2. The van der Waals surface area contributed by atoms with Crippen LogP contribution in [0.5, 0.6) is 0 Å². The zero-order valence-electron chi connectivity index (χ0n) is 16.8. The van der Waals surface area contributed by atoms with Gasteiger partial charge in [-0.3, -0.25) is 9.36 Å². The number of benzene rings is 1. The summed E-state index contributed by atoms with van der Waals surface area (Å²) >= 11 is 3.41. The predicted octanol–water partition coefficient (Wildman–Crippen LogP) is 5.12. The molecular weight excluding hydrogens is 400 g/mol. The molecule has 5 rings (SSSR count). The van der Waals surface area contributed by atoms with Crippen LogP contribution >= 0.6 is 23.1 Å². The monoisotopic (exact) mass is 426 g/mol. The quantitative estimate of drug-likeness (QED) is 0.420. The maximum atomic E-state index is 13.6. The molecule has 2 aliphatic rings. The molecule has 152 valence electrons. The molecule has 1 aliphatic heterocycles. The second-order valence-corrected chi connectivity index (χ2v) is 10.1. The lowest BCUT2D eigenvalue weighted by Crippen LogP contribution is -2.29. The molecule has 1 saturated heterocycles. The minimum Gasteiger partial charge on any atom is -0.376 e. The molecule has 1 unspecified atom stereocenters. The van der Waals surface area contributed by atoms with Crippen molar-refractivity contribution in [1.82, 2.24) is 9.55 Å². The van der Waals surface area contributed by atoms with E-state index in [1.165, 1.54) is 34.4 Å². The smallest absolute Gasteiger partial charge is 0.263 e. The van der Waals surface area contributed by atoms with Crippen molar-refractivity contribution in [2.75, 3.05) is 6.61 Å². The molecule has 0 N–H and O–H groups in total. The fourth-order valence-corrected chi connectivity index (χ4v) is 6.78. The van der Waals surface area contributed by atoms with Crippen molar-refractivity contribution < 1.29 is 4.74 Å². The third kappa shape index (κ3) is 3.78. The van der Waals surface area contributed by atoms with Gasteiger partial charge in [0.25, 0.3) is 5.56 Å². The van der Waals surface area contributed by atoms with Crippen molar-refractivity contribution in [3.63, 3.8) is 0 Å². The molecule has 3 heterocycles. The van der Waals surface area contributed by atoms with E-state index in [1.54, 1.807) is 23.1 Å². The van der Waals surface area contributed by atoms with Gasteiger partial charge in [-0.2, -0.15) is 0 Å². The zero-order valence-corrected chi connectivity index (χ0v) is 18.4. The largest absolute Gasteiger partial charge is 0.376 e. The Bertz CT molecular complexity index is 1100. The highest BCUT2D eigenvalue weighted by molar-refractivity contribution is 7.98. The molecule has 29 heavy (non-hydrogen) atoms. The lowest BCUT2D eigenvalue weighted by molar-refractivity contribution is 0.0937. The van der Waals surface area contributed by atoms with Crippen LogP contribution in [0.15, 0.2) is 34.2 Å². The molecule has 1 aromatic carbocycles. The molecule has 2 aromatic heterocycles. The van der Waals surface area contributed by atoms with Crippen LogP contribution in [0.2, 0.25) is 0 Å². The summed E-state index contributed by atoms with van der Waals surface area (Å²) in [6, 6.07) is 8.44. The first-order valence-corrected chi connectivity index (χ1v) is 12.3. The number of aryl methyl sites for hydroxylation is 3. The Labute approximate surface area is 179 Å². The Hall–Kier alpha value is -1.63. The van der Waals surface area contributed by atoms with Crippen molar-refractivity contribution in [3.8, 4) is 0 Å². The van der Waals surface area contributed by atoms with E-state index >= 15 is 0 Å². The van der Waals surface area contributed by atoms with Crippen LogP contribution in [0, 0.1) is 6.92 Å². The Morgan fingerprint density at radius 3 is 2.93 bits per heavy atom. The van der Waals surface area contributed by atoms with Crippen LogP contribution in [-0.2, 0) is 29.9 Å². The van der Waals surface area contributed by atoms with Gasteiger partial charge in [0, 0.05) is 17.2 Å². The van der Waals surface area contributed by atoms with Gasteiger partial charge in [0.1, 0.15) is 4.83 Å². The molecule has 3 aromatic rings. The molecule has 0 radical (unpaired) electrons. The Morgan fingerprint density at radius 2 is 2.10 bits per heavy atom. The molecule has 6 heteroatoms. The topological polar surface area (TPSA) is 44.1 Å². The van der Waals surface area contributed by atoms with Gasteiger partial charge in [0.2, 0.25) is 0 Å². The Morgan fingerprint density at radius 1 is 1.24 bits per heavy atom. The van der Waals surface area contributed by atoms with Gasteiger partial charge in [0.05, 0.1) is 18.0 Å². The van der Waals surface area contributed by atoms with Crippen LogP contribution in [0.25, 0.3) is 10.2 Å². The van der Waals surface area contributed by atoms with Gasteiger partial charge >= 0.3 is 0 Å². The summed E-state index contributed by atoms with van der Waals surface area (Å²) in [6.07, 6.45) is 6.73. The number of thiophene rings is 1. The summed E-state index contributed by atoms with van der Waals surface area (Å²) in [5, 5.41) is 1.71. The average molecular weight is 427 g/mol. The van der Waals surface area contributed by atoms with Crippen LogP contribution in [-0.4, -0.2) is 22.3 Å². The third-order valence-electron chi connectivity index (χ3n) is 6.07. The van der Waals surface area contributed by atoms with E-state index in [2.05, 4.69) is 31.2 Å². The summed E-state index contributed by atoms with van der Waals surface area (Å²) in [4.78, 5) is 20.9. The van der Waals surface area contributed by atoms with Crippen molar-refractivity contribution in [3.05, 3.63) is 56.2 Å². The third-order valence-corrected chi connectivity index (χ3v) is 8.28. The van der Waals surface area contributed by atoms with E-state index in [-0.39, 0.29) is 11.7 Å². The highest BCUT2D eigenvalue weighted by Crippen LogP contribution is 2.35. The summed E-state index contributed by atoms with van der Waals surface area (Å²) in [5.74, 6) is 0.821. The van der Waals surface area contributed by atoms with Crippen LogP contribution in [0.4, 0.5) is 0 Å². The number of fused-ring (bicyclic) bond motifs is 3. The number of rotatable bonds is 5. The number of aromatic nitrogens is 2. The highest BCUT2D eigenvalue weighted by atomic mass is 32.2. The fraction of sp³-hybridized carbons (Fsp3) is 0.478. The normalized spacial score (nSPS) is 19.0. The van der Waals surface area contributed by atoms with Gasteiger partial charge in [-0.1, -0.05) is 36.0 Å². The Kier molecular flexibility index (Phi) is 5.50. The standard InChI is InChI=1S/C23H26N2O2S2/c1-15-7-2-3-8-16(15)14-28-23-24-21-20(18-10-4-5-11-19(18)29-21)22(26)25(23)13-17-9-6-12-27-17/h2-3,7-8,17H,4-6,9-14H2,1H3. The van der Waals surface area contributed by atoms with Crippen LogP contribution in [0.1, 0.15) is 47.3 Å². The van der Waals surface area contributed by atoms with Crippen molar-refractivity contribution >= 4 is 33.3 Å². The summed E-state index contributed by atoms with van der Waals surface area (Å²) in [5.41, 5.74) is 3.98. The second kappa shape index (κ2) is 8.25. The number of ether oxygens (including phenoxy) is 1. The zero-order chi connectivity index (χ0) is 19.8. The molecule has 1 atom stereocenters. The first-order valence-electron chi connectivity index (χ1n) is 10.5. The number of hydrogen-bond acceptors (Lipinski definition) is 5. The maximum Gasteiger partial charge on any atom is 0.263 e. The Balaban J connectivity index is 1.56. The van der Waals surface area contributed by atoms with Crippen molar-refractivity contribution in [2.45, 2.75) is 69.0 Å². The molecule has 0 saturated carbocycles. The second-order valence-electron chi connectivity index (χ2n) is 8.05. The van der Waals surface area contributed by atoms with Gasteiger partial charge in [-0.05, 0) is 62.1 Å². The van der Waals surface area contributed by atoms with Gasteiger partial charge in [-0.15, -0.1) is 11.3 Å².